The van der Waals surface area contributed by atoms with Crippen molar-refractivity contribution in [2.75, 3.05) is 0 Å². The lowest BCUT2D eigenvalue weighted by Gasteiger charge is -2.14. The molecule has 5 heteroatoms. The fraction of sp³-hybridized carbons (Fsp3) is 0.125. The topological polar surface area (TPSA) is 66.4 Å². The van der Waals surface area contributed by atoms with Crippen LogP contribution in [0.3, 0.4) is 0 Å². The third kappa shape index (κ3) is 4.14. The molecule has 0 saturated heterocycles. The van der Waals surface area contributed by atoms with Crippen LogP contribution in [0, 0.1) is 5.82 Å². The van der Waals surface area contributed by atoms with Gasteiger partial charge in [-0.05, 0) is 29.8 Å². The van der Waals surface area contributed by atoms with E-state index in [0.717, 1.165) is 0 Å². The summed E-state index contributed by atoms with van der Waals surface area (Å²) < 4.78 is 13.1. The number of carboxylic acids is 1. The molecule has 1 atom stereocenters. The first-order valence-electron chi connectivity index (χ1n) is 6.39. The summed E-state index contributed by atoms with van der Waals surface area (Å²) in [5.41, 5.74) is 0.888. The normalized spacial score (nSPS) is 11.7. The van der Waals surface area contributed by atoms with Gasteiger partial charge in [-0.25, -0.2) is 9.18 Å². The minimum atomic E-state index is -1.16. The van der Waals surface area contributed by atoms with Gasteiger partial charge in [0.2, 0.25) is 0 Å². The van der Waals surface area contributed by atoms with Gasteiger partial charge >= 0.3 is 5.97 Å². The summed E-state index contributed by atoms with van der Waals surface area (Å²) in [6.45, 7) is 0. The van der Waals surface area contributed by atoms with Gasteiger partial charge in [-0.3, -0.25) is 4.79 Å². The molecular formula is C16H14FNO3. The van der Waals surface area contributed by atoms with Gasteiger partial charge in [0, 0.05) is 12.0 Å². The summed E-state index contributed by atoms with van der Waals surface area (Å²) in [7, 11) is 0. The number of benzene rings is 2. The molecular weight excluding hydrogens is 273 g/mol. The highest BCUT2D eigenvalue weighted by molar-refractivity contribution is 5.96. The van der Waals surface area contributed by atoms with Crippen LogP contribution in [0.15, 0.2) is 54.6 Å². The van der Waals surface area contributed by atoms with Gasteiger partial charge in [-0.1, -0.05) is 30.3 Å². The van der Waals surface area contributed by atoms with E-state index in [1.54, 1.807) is 36.4 Å². The number of carbonyl (C=O) groups is 2. The molecule has 0 aliphatic carbocycles. The van der Waals surface area contributed by atoms with Gasteiger partial charge in [-0.15, -0.1) is 0 Å². The van der Waals surface area contributed by atoms with Crippen molar-refractivity contribution in [3.63, 3.8) is 0 Å². The van der Waals surface area contributed by atoms with Crippen LogP contribution in [-0.2, 0) is 11.2 Å². The first kappa shape index (κ1) is 14.7. The van der Waals surface area contributed by atoms with Crippen molar-refractivity contribution in [1.82, 2.24) is 5.32 Å². The molecule has 1 amide bonds. The van der Waals surface area contributed by atoms with Gasteiger partial charge in [0.1, 0.15) is 11.9 Å². The number of halogens is 1. The van der Waals surface area contributed by atoms with Crippen molar-refractivity contribution in [3.8, 4) is 0 Å². The second-order valence-corrected chi connectivity index (χ2v) is 4.56. The van der Waals surface area contributed by atoms with Crippen molar-refractivity contribution in [2.24, 2.45) is 0 Å². The van der Waals surface area contributed by atoms with Gasteiger partial charge in [0.05, 0.1) is 0 Å². The lowest BCUT2D eigenvalue weighted by molar-refractivity contribution is -0.139. The molecule has 108 valence electrons. The number of hydrogen-bond acceptors (Lipinski definition) is 2. The quantitative estimate of drug-likeness (QED) is 0.886. The molecule has 2 rings (SSSR count). The number of rotatable bonds is 5. The highest BCUT2D eigenvalue weighted by Crippen LogP contribution is 2.08. The summed E-state index contributed by atoms with van der Waals surface area (Å²) in [6.07, 6.45) is 0.0195. The monoisotopic (exact) mass is 287 g/mol. The van der Waals surface area contributed by atoms with Crippen LogP contribution in [0.2, 0.25) is 0 Å². The largest absolute Gasteiger partial charge is 0.480 e. The smallest absolute Gasteiger partial charge is 0.326 e. The van der Waals surface area contributed by atoms with E-state index in [1.165, 1.54) is 18.2 Å². The van der Waals surface area contributed by atoms with E-state index in [0.29, 0.717) is 11.1 Å². The van der Waals surface area contributed by atoms with Crippen LogP contribution in [0.25, 0.3) is 0 Å². The summed E-state index contributed by atoms with van der Waals surface area (Å²) in [6, 6.07) is 12.9. The Morgan fingerprint density at radius 2 is 1.81 bits per heavy atom. The molecule has 0 saturated carbocycles. The van der Waals surface area contributed by atoms with Crippen molar-refractivity contribution in [1.29, 1.82) is 0 Å². The fourth-order valence-electron chi connectivity index (χ4n) is 1.93. The number of carboxylic acid groups (broad SMARTS) is 1. The Kier molecular flexibility index (Phi) is 4.66. The Bertz CT molecular complexity index is 643. The van der Waals surface area contributed by atoms with Gasteiger partial charge in [0.25, 0.3) is 5.91 Å². The van der Waals surface area contributed by atoms with Gasteiger partial charge in [-0.2, -0.15) is 0 Å². The predicted molar refractivity (Wildman–Crippen MR) is 75.4 cm³/mol. The predicted octanol–water partition coefficient (Wildman–Crippen LogP) is 2.25. The standard InChI is InChI=1S/C16H14FNO3/c17-13-8-4-5-11(9-13)10-14(16(20)21)18-15(19)12-6-2-1-3-7-12/h1-9,14H,10H2,(H,18,19)(H,20,21)/t14-/m1/s1. The Labute approximate surface area is 121 Å². The maximum Gasteiger partial charge on any atom is 0.326 e. The Morgan fingerprint density at radius 1 is 1.10 bits per heavy atom. The third-order valence-electron chi connectivity index (χ3n) is 2.97. The number of nitrogens with one attached hydrogen (secondary N) is 1. The molecule has 4 nitrogen and oxygen atoms in total. The Balaban J connectivity index is 2.09. The maximum atomic E-state index is 13.1. The van der Waals surface area contributed by atoms with Crippen molar-refractivity contribution >= 4 is 11.9 Å². The molecule has 0 fully saturated rings. The van der Waals surface area contributed by atoms with E-state index < -0.39 is 23.7 Å². The van der Waals surface area contributed by atoms with Gasteiger partial charge in [0.15, 0.2) is 0 Å². The summed E-state index contributed by atoms with van der Waals surface area (Å²) in [5, 5.41) is 11.6. The number of hydrogen-bond donors (Lipinski definition) is 2. The highest BCUT2D eigenvalue weighted by Gasteiger charge is 2.21. The summed E-state index contributed by atoms with van der Waals surface area (Å²) in [4.78, 5) is 23.2. The number of amides is 1. The summed E-state index contributed by atoms with van der Waals surface area (Å²) >= 11 is 0. The molecule has 0 aliphatic rings. The van der Waals surface area contributed by atoms with E-state index in [-0.39, 0.29) is 6.42 Å². The molecule has 0 aromatic heterocycles. The zero-order chi connectivity index (χ0) is 15.2. The molecule has 2 aromatic carbocycles. The van der Waals surface area contributed by atoms with Crippen LogP contribution < -0.4 is 5.32 Å². The molecule has 2 aromatic rings. The van der Waals surface area contributed by atoms with Crippen molar-refractivity contribution < 1.29 is 19.1 Å². The molecule has 0 unspecified atom stereocenters. The zero-order valence-corrected chi connectivity index (χ0v) is 11.1. The van der Waals surface area contributed by atoms with Crippen molar-refractivity contribution in [3.05, 3.63) is 71.5 Å². The fourth-order valence-corrected chi connectivity index (χ4v) is 1.93. The lowest BCUT2D eigenvalue weighted by Crippen LogP contribution is -2.42. The van der Waals surface area contributed by atoms with Crippen molar-refractivity contribution in [2.45, 2.75) is 12.5 Å². The molecule has 0 bridgehead atoms. The Morgan fingerprint density at radius 3 is 2.43 bits per heavy atom. The van der Waals surface area contributed by atoms with Crippen LogP contribution in [0.1, 0.15) is 15.9 Å². The molecule has 21 heavy (non-hydrogen) atoms. The molecule has 2 N–H and O–H groups in total. The van der Waals surface area contributed by atoms with E-state index in [2.05, 4.69) is 5.32 Å². The third-order valence-corrected chi connectivity index (χ3v) is 2.97. The highest BCUT2D eigenvalue weighted by atomic mass is 19.1. The average Bonchev–Trinajstić information content (AvgIpc) is 2.47. The van der Waals surface area contributed by atoms with Crippen LogP contribution in [0.4, 0.5) is 4.39 Å². The molecule has 0 heterocycles. The second-order valence-electron chi connectivity index (χ2n) is 4.56. The molecule has 0 spiro atoms. The first-order valence-corrected chi connectivity index (χ1v) is 6.39. The average molecular weight is 287 g/mol. The minimum absolute atomic E-state index is 0.0195. The zero-order valence-electron chi connectivity index (χ0n) is 11.1. The van der Waals surface area contributed by atoms with E-state index in [1.807, 2.05) is 0 Å². The van der Waals surface area contributed by atoms with E-state index in [9.17, 15) is 19.1 Å². The van der Waals surface area contributed by atoms with Gasteiger partial charge < -0.3 is 10.4 Å². The second kappa shape index (κ2) is 6.65. The maximum absolute atomic E-state index is 13.1. The van der Waals surface area contributed by atoms with E-state index >= 15 is 0 Å². The molecule has 0 aliphatic heterocycles. The number of carbonyl (C=O) groups excluding carboxylic acids is 1. The molecule has 0 radical (unpaired) electrons. The number of aliphatic carboxylic acids is 1. The van der Waals surface area contributed by atoms with E-state index in [4.69, 9.17) is 0 Å². The SMILES string of the molecule is O=C(N[C@H](Cc1cccc(F)c1)C(=O)O)c1ccccc1. The van der Waals surface area contributed by atoms with Crippen LogP contribution >= 0.6 is 0 Å². The van der Waals surface area contributed by atoms with Crippen LogP contribution in [0.5, 0.6) is 0 Å². The summed E-state index contributed by atoms with van der Waals surface area (Å²) in [5.74, 6) is -2.08. The Hall–Kier alpha value is -2.69. The minimum Gasteiger partial charge on any atom is -0.480 e. The van der Waals surface area contributed by atoms with Crippen LogP contribution in [-0.4, -0.2) is 23.0 Å². The first-order chi connectivity index (χ1) is 10.1. The lowest BCUT2D eigenvalue weighted by atomic mass is 10.1.